The molecule has 0 amide bonds. The minimum atomic E-state index is -0.549. The summed E-state index contributed by atoms with van der Waals surface area (Å²) < 4.78 is 11.1. The lowest BCUT2D eigenvalue weighted by Gasteiger charge is -2.30. The molecule has 1 aliphatic carbocycles. The number of rotatable bonds is 10. The molecule has 58 heavy (non-hydrogen) atoms. The first-order valence-corrected chi connectivity index (χ1v) is 20.1. The molecule has 7 aromatic rings. The van der Waals surface area contributed by atoms with Crippen LogP contribution in [0.1, 0.15) is 59.5 Å². The van der Waals surface area contributed by atoms with Crippen molar-refractivity contribution in [3.05, 3.63) is 184 Å². The van der Waals surface area contributed by atoms with Crippen LogP contribution in [0.2, 0.25) is 10.0 Å². The van der Waals surface area contributed by atoms with Crippen molar-refractivity contribution in [3.63, 3.8) is 0 Å². The quantitative estimate of drug-likeness (QED) is 0.129. The molecule has 0 aliphatic heterocycles. The second-order valence-electron chi connectivity index (χ2n) is 14.7. The number of halogens is 2. The van der Waals surface area contributed by atoms with Crippen molar-refractivity contribution in [2.45, 2.75) is 33.1 Å². The fourth-order valence-corrected chi connectivity index (χ4v) is 8.49. The third-order valence-electron chi connectivity index (χ3n) is 10.9. The van der Waals surface area contributed by atoms with E-state index in [-0.39, 0.29) is 29.8 Å². The van der Waals surface area contributed by atoms with E-state index in [1.165, 1.54) is 22.3 Å². The Kier molecular flexibility index (Phi) is 10.7. The molecule has 0 radical (unpaired) electrons. The van der Waals surface area contributed by atoms with Gasteiger partial charge in [0.1, 0.15) is 0 Å². The van der Waals surface area contributed by atoms with E-state index in [1.807, 2.05) is 30.3 Å². The second-order valence-corrected chi connectivity index (χ2v) is 15.5. The van der Waals surface area contributed by atoms with Crippen LogP contribution in [-0.2, 0) is 14.9 Å². The van der Waals surface area contributed by atoms with Crippen LogP contribution in [0, 0.1) is 0 Å². The number of nitrogens with zero attached hydrogens (tertiary/aromatic N) is 1. The molecule has 8 rings (SSSR count). The van der Waals surface area contributed by atoms with Gasteiger partial charge in [-0.3, -0.25) is 0 Å². The van der Waals surface area contributed by atoms with E-state index in [0.29, 0.717) is 32.3 Å². The minimum Gasteiger partial charge on any atom is -0.462 e. The lowest BCUT2D eigenvalue weighted by Crippen LogP contribution is -2.17. The molecule has 0 aromatic heterocycles. The highest BCUT2D eigenvalue weighted by molar-refractivity contribution is 6.35. The highest BCUT2D eigenvalue weighted by Gasteiger charge is 2.36. The van der Waals surface area contributed by atoms with Gasteiger partial charge in [-0.25, -0.2) is 9.59 Å². The summed E-state index contributed by atoms with van der Waals surface area (Å²) >= 11 is 13.1. The number of hydrogen-bond donors (Lipinski definition) is 0. The van der Waals surface area contributed by atoms with Gasteiger partial charge in [-0.05, 0) is 119 Å². The van der Waals surface area contributed by atoms with Crippen LogP contribution >= 0.6 is 23.2 Å². The number of carbonyl (C=O) groups excluding carboxylic acids is 2. The fraction of sp³-hybridized carbons (Fsp3) is 0.137. The number of benzene rings is 7. The van der Waals surface area contributed by atoms with E-state index in [9.17, 15) is 9.59 Å². The monoisotopic (exact) mass is 801 g/mol. The summed E-state index contributed by atoms with van der Waals surface area (Å²) in [5.41, 5.74) is 12.6. The first kappa shape index (κ1) is 38.7. The van der Waals surface area contributed by atoms with Gasteiger partial charge in [-0.15, -0.1) is 0 Å². The van der Waals surface area contributed by atoms with Crippen molar-refractivity contribution in [3.8, 4) is 44.5 Å². The number of fused-ring (bicyclic) bond motifs is 3. The van der Waals surface area contributed by atoms with Gasteiger partial charge in [0.15, 0.2) is 0 Å². The first-order chi connectivity index (χ1) is 28.1. The number of hydrogen-bond acceptors (Lipinski definition) is 5. The maximum absolute atomic E-state index is 13.7. The molecule has 5 nitrogen and oxygen atoms in total. The molecular formula is C51H41Cl2NO4. The number of carbonyl (C=O) groups is 2. The van der Waals surface area contributed by atoms with Crippen LogP contribution < -0.4 is 4.90 Å². The predicted molar refractivity (Wildman–Crippen MR) is 237 cm³/mol. The molecule has 7 aromatic carbocycles. The largest absolute Gasteiger partial charge is 0.462 e. The van der Waals surface area contributed by atoms with Crippen molar-refractivity contribution in [1.29, 1.82) is 0 Å². The van der Waals surface area contributed by atoms with Gasteiger partial charge < -0.3 is 14.4 Å². The van der Waals surface area contributed by atoms with Crippen molar-refractivity contribution in [1.82, 2.24) is 0 Å². The first-order valence-electron chi connectivity index (χ1n) is 19.4. The summed E-state index contributed by atoms with van der Waals surface area (Å²) in [6.07, 6.45) is 0. The smallest absolute Gasteiger partial charge is 0.338 e. The molecule has 0 heterocycles. The Hall–Kier alpha value is -6.14. The predicted octanol–water partition coefficient (Wildman–Crippen LogP) is 14.1. The zero-order valence-electron chi connectivity index (χ0n) is 32.7. The van der Waals surface area contributed by atoms with E-state index >= 15 is 0 Å². The third-order valence-corrected chi connectivity index (χ3v) is 11.4. The summed E-state index contributed by atoms with van der Waals surface area (Å²) in [5, 5.41) is 0.804. The lowest BCUT2D eigenvalue weighted by molar-refractivity contribution is 0.0513. The van der Waals surface area contributed by atoms with E-state index in [4.69, 9.17) is 32.7 Å². The molecule has 7 heteroatoms. The SMILES string of the molecule is CCOC(=O)c1cc(-c2cc(Cl)ccc2Cl)c(C(=O)OCC)cc1-c1ccc(N(c2ccc3c(c2)C(C)(C)c2ccccc2-3)c2ccccc2-c2ccccc2)cc1. The molecule has 0 saturated carbocycles. The van der Waals surface area contributed by atoms with Crippen LogP contribution in [0.25, 0.3) is 44.5 Å². The average Bonchev–Trinajstić information content (AvgIpc) is 3.47. The summed E-state index contributed by atoms with van der Waals surface area (Å²) in [6.45, 7) is 8.42. The molecular weight excluding hydrogens is 761 g/mol. The van der Waals surface area contributed by atoms with Crippen LogP contribution in [-0.4, -0.2) is 25.2 Å². The Labute approximate surface area is 349 Å². The summed E-state index contributed by atoms with van der Waals surface area (Å²) in [7, 11) is 0. The molecule has 0 spiro atoms. The Morgan fingerprint density at radius 1 is 0.517 bits per heavy atom. The van der Waals surface area contributed by atoms with Gasteiger partial charge in [0, 0.05) is 38.0 Å². The lowest BCUT2D eigenvalue weighted by atomic mass is 9.82. The Morgan fingerprint density at radius 3 is 1.79 bits per heavy atom. The van der Waals surface area contributed by atoms with Crippen LogP contribution in [0.4, 0.5) is 17.1 Å². The molecule has 1 aliphatic rings. The van der Waals surface area contributed by atoms with E-state index in [0.717, 1.165) is 28.2 Å². The number of ether oxygens (including phenoxy) is 2. The Morgan fingerprint density at radius 2 is 1.09 bits per heavy atom. The third kappa shape index (κ3) is 7.06. The maximum Gasteiger partial charge on any atom is 0.338 e. The molecule has 0 bridgehead atoms. The van der Waals surface area contributed by atoms with Gasteiger partial charge in [0.25, 0.3) is 0 Å². The minimum absolute atomic E-state index is 0.164. The van der Waals surface area contributed by atoms with E-state index in [2.05, 4.69) is 110 Å². The molecule has 0 atom stereocenters. The number of para-hydroxylation sites is 1. The zero-order valence-corrected chi connectivity index (χ0v) is 34.2. The zero-order chi connectivity index (χ0) is 40.6. The highest BCUT2D eigenvalue weighted by atomic mass is 35.5. The van der Waals surface area contributed by atoms with Crippen molar-refractivity contribution >= 4 is 52.2 Å². The molecule has 0 fully saturated rings. The average molecular weight is 803 g/mol. The number of esters is 2. The van der Waals surface area contributed by atoms with Gasteiger partial charge in [0.05, 0.1) is 30.0 Å². The van der Waals surface area contributed by atoms with Crippen molar-refractivity contribution in [2.24, 2.45) is 0 Å². The van der Waals surface area contributed by atoms with E-state index < -0.39 is 11.9 Å². The summed E-state index contributed by atoms with van der Waals surface area (Å²) in [4.78, 5) is 29.6. The van der Waals surface area contributed by atoms with Gasteiger partial charge >= 0.3 is 11.9 Å². The Balaban J connectivity index is 1.31. The normalized spacial score (nSPS) is 12.4. The van der Waals surface area contributed by atoms with Crippen LogP contribution in [0.5, 0.6) is 0 Å². The summed E-state index contributed by atoms with van der Waals surface area (Å²) in [6, 6.07) is 50.6. The molecule has 288 valence electrons. The summed E-state index contributed by atoms with van der Waals surface area (Å²) in [5.74, 6) is -1.08. The van der Waals surface area contributed by atoms with Gasteiger partial charge in [-0.1, -0.05) is 128 Å². The molecule has 0 N–H and O–H groups in total. The van der Waals surface area contributed by atoms with Crippen molar-refractivity contribution < 1.29 is 19.1 Å². The molecule has 0 saturated heterocycles. The topological polar surface area (TPSA) is 55.8 Å². The second kappa shape index (κ2) is 16.0. The van der Waals surface area contributed by atoms with Crippen LogP contribution in [0.3, 0.4) is 0 Å². The van der Waals surface area contributed by atoms with E-state index in [1.54, 1.807) is 44.2 Å². The Bertz CT molecular complexity index is 2690. The number of anilines is 3. The van der Waals surface area contributed by atoms with Crippen molar-refractivity contribution in [2.75, 3.05) is 18.1 Å². The fourth-order valence-electron chi connectivity index (χ4n) is 8.10. The highest BCUT2D eigenvalue weighted by Crippen LogP contribution is 2.51. The molecule has 0 unspecified atom stereocenters. The standard InChI is InChI=1S/C51H41Cl2NO4/c1-5-57-49(55)43-31-41(42-28-34(52)22-27-47(42)53)44(50(56)58-6-2)30-40(43)33-20-23-35(24-21-33)54(48-19-13-11-16-37(48)32-14-8-7-9-15-32)36-25-26-39-38-17-10-12-18-45(38)51(3,4)46(39)29-36/h7-31H,5-6H2,1-4H3. The van der Waals surface area contributed by atoms with Crippen LogP contribution in [0.15, 0.2) is 152 Å². The van der Waals surface area contributed by atoms with Gasteiger partial charge in [-0.2, -0.15) is 0 Å². The van der Waals surface area contributed by atoms with Gasteiger partial charge in [0.2, 0.25) is 0 Å². The maximum atomic E-state index is 13.7.